The van der Waals surface area contributed by atoms with Gasteiger partial charge in [0.25, 0.3) is 5.91 Å². The van der Waals surface area contributed by atoms with Crippen molar-refractivity contribution in [3.8, 4) is 0 Å². The standard InChI is InChI=1S/C14H20N2O3/c1-5-8(2)9(3)16-13(17)12-7-6-11(14(18)19)10(4)15-12/h6-9H,5H2,1-4H3,(H,16,17)(H,18,19). The lowest BCUT2D eigenvalue weighted by molar-refractivity contribution is 0.0694. The Balaban J connectivity index is 2.84. The van der Waals surface area contributed by atoms with Crippen LogP contribution in [0.15, 0.2) is 12.1 Å². The molecule has 1 amide bonds. The minimum absolute atomic E-state index is 0.0544. The summed E-state index contributed by atoms with van der Waals surface area (Å²) in [6.07, 6.45) is 0.978. The predicted octanol–water partition coefficient (Wildman–Crippen LogP) is 2.25. The third-order valence-electron chi connectivity index (χ3n) is 3.41. The van der Waals surface area contributed by atoms with Crippen LogP contribution in [0.25, 0.3) is 0 Å². The average Bonchev–Trinajstić information content (AvgIpc) is 2.36. The summed E-state index contributed by atoms with van der Waals surface area (Å²) in [5.74, 6) is -0.930. The fraction of sp³-hybridized carbons (Fsp3) is 0.500. The first-order valence-electron chi connectivity index (χ1n) is 6.38. The number of hydrogen-bond donors (Lipinski definition) is 2. The van der Waals surface area contributed by atoms with Gasteiger partial charge in [-0.05, 0) is 31.9 Å². The minimum Gasteiger partial charge on any atom is -0.478 e. The molecule has 0 bridgehead atoms. The van der Waals surface area contributed by atoms with E-state index in [1.807, 2.05) is 6.92 Å². The maximum absolute atomic E-state index is 12.0. The van der Waals surface area contributed by atoms with Gasteiger partial charge in [0.2, 0.25) is 0 Å². The van der Waals surface area contributed by atoms with Gasteiger partial charge < -0.3 is 10.4 Å². The van der Waals surface area contributed by atoms with Gasteiger partial charge >= 0.3 is 5.97 Å². The maximum Gasteiger partial charge on any atom is 0.337 e. The van der Waals surface area contributed by atoms with Crippen molar-refractivity contribution in [2.75, 3.05) is 0 Å². The number of nitrogens with zero attached hydrogens (tertiary/aromatic N) is 1. The van der Waals surface area contributed by atoms with E-state index in [4.69, 9.17) is 5.11 Å². The Kier molecular flexibility index (Phi) is 5.03. The molecule has 1 aromatic rings. The van der Waals surface area contributed by atoms with Crippen molar-refractivity contribution in [1.29, 1.82) is 0 Å². The maximum atomic E-state index is 12.0. The van der Waals surface area contributed by atoms with Crippen LogP contribution in [0, 0.1) is 12.8 Å². The molecule has 5 nitrogen and oxygen atoms in total. The van der Waals surface area contributed by atoms with E-state index in [2.05, 4.69) is 24.1 Å². The molecular formula is C14H20N2O3. The van der Waals surface area contributed by atoms with Crippen molar-refractivity contribution >= 4 is 11.9 Å². The van der Waals surface area contributed by atoms with E-state index in [0.29, 0.717) is 11.6 Å². The first-order valence-corrected chi connectivity index (χ1v) is 6.38. The third kappa shape index (κ3) is 3.77. The Morgan fingerprint density at radius 3 is 2.47 bits per heavy atom. The zero-order valence-electron chi connectivity index (χ0n) is 11.7. The minimum atomic E-state index is -1.04. The highest BCUT2D eigenvalue weighted by Crippen LogP contribution is 2.10. The van der Waals surface area contributed by atoms with Gasteiger partial charge in [-0.25, -0.2) is 9.78 Å². The summed E-state index contributed by atoms with van der Waals surface area (Å²) in [6.45, 7) is 7.66. The normalized spacial score (nSPS) is 13.7. The van der Waals surface area contributed by atoms with Gasteiger partial charge in [-0.3, -0.25) is 4.79 Å². The predicted molar refractivity (Wildman–Crippen MR) is 72.3 cm³/mol. The SMILES string of the molecule is CCC(C)C(C)NC(=O)c1ccc(C(=O)O)c(C)n1. The molecule has 0 aromatic carbocycles. The molecule has 0 aliphatic rings. The van der Waals surface area contributed by atoms with Crippen molar-refractivity contribution in [1.82, 2.24) is 10.3 Å². The molecule has 0 saturated heterocycles. The molecule has 0 aliphatic heterocycles. The van der Waals surface area contributed by atoms with E-state index in [9.17, 15) is 9.59 Å². The average molecular weight is 264 g/mol. The molecule has 2 atom stereocenters. The monoisotopic (exact) mass is 264 g/mol. The van der Waals surface area contributed by atoms with Crippen LogP contribution in [0.5, 0.6) is 0 Å². The van der Waals surface area contributed by atoms with E-state index < -0.39 is 5.97 Å². The quantitative estimate of drug-likeness (QED) is 0.855. The van der Waals surface area contributed by atoms with Gasteiger partial charge in [-0.2, -0.15) is 0 Å². The van der Waals surface area contributed by atoms with Crippen molar-refractivity contribution in [3.63, 3.8) is 0 Å². The van der Waals surface area contributed by atoms with Crippen LogP contribution in [-0.2, 0) is 0 Å². The summed E-state index contributed by atoms with van der Waals surface area (Å²) < 4.78 is 0. The van der Waals surface area contributed by atoms with E-state index in [0.717, 1.165) is 6.42 Å². The molecule has 2 N–H and O–H groups in total. The molecular weight excluding hydrogens is 244 g/mol. The lowest BCUT2D eigenvalue weighted by atomic mass is 10.0. The number of nitrogens with one attached hydrogen (secondary N) is 1. The van der Waals surface area contributed by atoms with E-state index >= 15 is 0 Å². The van der Waals surface area contributed by atoms with Gasteiger partial charge in [-0.1, -0.05) is 20.3 Å². The first-order chi connectivity index (χ1) is 8.86. The Bertz CT molecular complexity index is 486. The molecule has 0 aliphatic carbocycles. The number of pyridine rings is 1. The Hall–Kier alpha value is -1.91. The summed E-state index contributed by atoms with van der Waals surface area (Å²) in [5, 5.41) is 11.8. The smallest absolute Gasteiger partial charge is 0.337 e. The van der Waals surface area contributed by atoms with Gasteiger partial charge in [0.05, 0.1) is 11.3 Å². The van der Waals surface area contributed by atoms with Gasteiger partial charge in [0.1, 0.15) is 5.69 Å². The summed E-state index contributed by atoms with van der Waals surface area (Å²) in [5.41, 5.74) is 0.709. The number of hydrogen-bond acceptors (Lipinski definition) is 3. The van der Waals surface area contributed by atoms with Crippen LogP contribution in [0.1, 0.15) is 53.7 Å². The van der Waals surface area contributed by atoms with Crippen LogP contribution < -0.4 is 5.32 Å². The molecule has 104 valence electrons. The van der Waals surface area contributed by atoms with E-state index in [1.165, 1.54) is 12.1 Å². The number of aromatic nitrogens is 1. The van der Waals surface area contributed by atoms with Crippen LogP contribution in [0.2, 0.25) is 0 Å². The summed E-state index contributed by atoms with van der Waals surface area (Å²) in [7, 11) is 0. The molecule has 0 fully saturated rings. The highest BCUT2D eigenvalue weighted by atomic mass is 16.4. The van der Waals surface area contributed by atoms with Crippen molar-refractivity contribution in [3.05, 3.63) is 29.1 Å². The number of amides is 1. The second-order valence-electron chi connectivity index (χ2n) is 4.78. The Morgan fingerprint density at radius 2 is 2.00 bits per heavy atom. The summed E-state index contributed by atoms with van der Waals surface area (Å²) in [4.78, 5) is 26.9. The van der Waals surface area contributed by atoms with Gasteiger partial charge in [-0.15, -0.1) is 0 Å². The van der Waals surface area contributed by atoms with Crippen LogP contribution in [0.4, 0.5) is 0 Å². The highest BCUT2D eigenvalue weighted by Gasteiger charge is 2.17. The van der Waals surface area contributed by atoms with Crippen LogP contribution in [-0.4, -0.2) is 28.0 Å². The van der Waals surface area contributed by atoms with Crippen molar-refractivity contribution < 1.29 is 14.7 Å². The molecule has 0 spiro atoms. The summed E-state index contributed by atoms with van der Waals surface area (Å²) in [6, 6.07) is 2.90. The molecule has 19 heavy (non-hydrogen) atoms. The molecule has 2 unspecified atom stereocenters. The zero-order chi connectivity index (χ0) is 14.6. The summed E-state index contributed by atoms with van der Waals surface area (Å²) >= 11 is 0. The lowest BCUT2D eigenvalue weighted by Gasteiger charge is -2.19. The molecule has 1 aromatic heterocycles. The van der Waals surface area contributed by atoms with E-state index in [1.54, 1.807) is 6.92 Å². The Labute approximate surface area is 113 Å². The van der Waals surface area contributed by atoms with Crippen molar-refractivity contribution in [2.45, 2.75) is 40.2 Å². The largest absolute Gasteiger partial charge is 0.478 e. The van der Waals surface area contributed by atoms with Gasteiger partial charge in [0.15, 0.2) is 0 Å². The van der Waals surface area contributed by atoms with Crippen LogP contribution in [0.3, 0.4) is 0 Å². The second-order valence-corrected chi connectivity index (χ2v) is 4.78. The number of carbonyl (C=O) groups excluding carboxylic acids is 1. The zero-order valence-corrected chi connectivity index (χ0v) is 11.7. The number of carbonyl (C=O) groups is 2. The van der Waals surface area contributed by atoms with E-state index in [-0.39, 0.29) is 23.2 Å². The van der Waals surface area contributed by atoms with Gasteiger partial charge in [0, 0.05) is 6.04 Å². The molecule has 1 rings (SSSR count). The number of aromatic carboxylic acids is 1. The first kappa shape index (κ1) is 15.1. The molecule has 0 saturated carbocycles. The number of rotatable bonds is 5. The topological polar surface area (TPSA) is 79.3 Å². The number of carboxylic acid groups (broad SMARTS) is 1. The molecule has 5 heteroatoms. The highest BCUT2D eigenvalue weighted by molar-refractivity contribution is 5.94. The molecule has 1 heterocycles. The molecule has 0 radical (unpaired) electrons. The second kappa shape index (κ2) is 6.31. The van der Waals surface area contributed by atoms with Crippen LogP contribution >= 0.6 is 0 Å². The fourth-order valence-corrected chi connectivity index (χ4v) is 1.69. The van der Waals surface area contributed by atoms with Crippen molar-refractivity contribution in [2.24, 2.45) is 5.92 Å². The number of aryl methyl sites for hydroxylation is 1. The Morgan fingerprint density at radius 1 is 1.37 bits per heavy atom. The lowest BCUT2D eigenvalue weighted by Crippen LogP contribution is -2.37. The third-order valence-corrected chi connectivity index (χ3v) is 3.41. The number of carboxylic acids is 1. The fourth-order valence-electron chi connectivity index (χ4n) is 1.69.